The highest BCUT2D eigenvalue weighted by molar-refractivity contribution is 6.05. The summed E-state index contributed by atoms with van der Waals surface area (Å²) in [6.45, 7) is 0. The van der Waals surface area contributed by atoms with E-state index in [1.807, 2.05) is 0 Å². The highest BCUT2D eigenvalue weighted by Gasteiger charge is 2.21. The Morgan fingerprint density at radius 3 is 2.39 bits per heavy atom. The molecule has 0 radical (unpaired) electrons. The maximum Gasteiger partial charge on any atom is 0.338 e. The molecule has 6 nitrogen and oxygen atoms in total. The fourth-order valence-electron chi connectivity index (χ4n) is 1.58. The van der Waals surface area contributed by atoms with Crippen LogP contribution in [-0.4, -0.2) is 32.1 Å². The number of carboxylic acids is 2. The molecule has 0 unspecified atom stereocenters. The Morgan fingerprint density at radius 2 is 1.83 bits per heavy atom. The topological polar surface area (TPSA) is 100 Å². The molecule has 0 bridgehead atoms. The van der Waals surface area contributed by atoms with E-state index in [4.69, 9.17) is 10.2 Å². The van der Waals surface area contributed by atoms with Crippen molar-refractivity contribution in [3.8, 4) is 11.3 Å². The third kappa shape index (κ3) is 2.03. The van der Waals surface area contributed by atoms with E-state index in [2.05, 4.69) is 9.97 Å². The van der Waals surface area contributed by atoms with Gasteiger partial charge in [-0.2, -0.15) is 0 Å². The van der Waals surface area contributed by atoms with Gasteiger partial charge in [0.15, 0.2) is 0 Å². The molecule has 90 valence electrons. The Hall–Kier alpha value is -2.76. The van der Waals surface area contributed by atoms with Crippen molar-refractivity contribution >= 4 is 11.9 Å². The van der Waals surface area contributed by atoms with E-state index in [1.54, 1.807) is 12.1 Å². The predicted octanol–water partition coefficient (Wildman–Crippen LogP) is 1.54. The van der Waals surface area contributed by atoms with Gasteiger partial charge in [-0.25, -0.2) is 9.59 Å². The van der Waals surface area contributed by atoms with Crippen LogP contribution in [0.2, 0.25) is 0 Å². The van der Waals surface area contributed by atoms with Crippen molar-refractivity contribution in [3.63, 3.8) is 0 Å². The molecule has 2 N–H and O–H groups in total. The Labute approximate surface area is 102 Å². The lowest BCUT2D eigenvalue weighted by molar-refractivity contribution is 0.0651. The summed E-state index contributed by atoms with van der Waals surface area (Å²) in [6, 6.07) is 4.40. The smallest absolute Gasteiger partial charge is 0.338 e. The molecule has 0 fully saturated rings. The predicted molar refractivity (Wildman–Crippen MR) is 61.4 cm³/mol. The van der Waals surface area contributed by atoms with Gasteiger partial charge in [0.2, 0.25) is 0 Å². The number of aromatic carboxylic acids is 2. The minimum absolute atomic E-state index is 0.0931. The van der Waals surface area contributed by atoms with Gasteiger partial charge in [-0.3, -0.25) is 9.97 Å². The Kier molecular flexibility index (Phi) is 3.01. The molecule has 0 spiro atoms. The normalized spacial score (nSPS) is 10.0. The van der Waals surface area contributed by atoms with E-state index in [-0.39, 0.29) is 16.8 Å². The maximum absolute atomic E-state index is 11.2. The average molecular weight is 244 g/mol. The first kappa shape index (κ1) is 11.7. The van der Waals surface area contributed by atoms with Crippen LogP contribution in [-0.2, 0) is 0 Å². The number of nitrogens with zero attached hydrogens (tertiary/aromatic N) is 2. The van der Waals surface area contributed by atoms with Gasteiger partial charge in [0.25, 0.3) is 0 Å². The van der Waals surface area contributed by atoms with Crippen molar-refractivity contribution in [3.05, 3.63) is 47.9 Å². The molecule has 0 aliphatic rings. The van der Waals surface area contributed by atoms with E-state index in [1.165, 1.54) is 18.6 Å². The van der Waals surface area contributed by atoms with Crippen molar-refractivity contribution in [2.24, 2.45) is 0 Å². The first-order valence-corrected chi connectivity index (χ1v) is 4.97. The van der Waals surface area contributed by atoms with Crippen molar-refractivity contribution < 1.29 is 19.8 Å². The molecule has 2 aromatic heterocycles. The zero-order valence-corrected chi connectivity index (χ0v) is 9.07. The van der Waals surface area contributed by atoms with Crippen molar-refractivity contribution in [1.29, 1.82) is 0 Å². The summed E-state index contributed by atoms with van der Waals surface area (Å²) in [4.78, 5) is 30.0. The maximum atomic E-state index is 11.2. The third-order valence-corrected chi connectivity index (χ3v) is 2.33. The monoisotopic (exact) mass is 244 g/mol. The number of hydrogen-bond acceptors (Lipinski definition) is 4. The molecular weight excluding hydrogens is 236 g/mol. The zero-order chi connectivity index (χ0) is 13.1. The quantitative estimate of drug-likeness (QED) is 0.849. The van der Waals surface area contributed by atoms with Crippen LogP contribution in [0.25, 0.3) is 11.3 Å². The van der Waals surface area contributed by atoms with Gasteiger partial charge in [-0.05, 0) is 18.2 Å². The molecule has 18 heavy (non-hydrogen) atoms. The molecule has 0 atom stereocenters. The largest absolute Gasteiger partial charge is 0.478 e. The molecule has 2 rings (SSSR count). The highest BCUT2D eigenvalue weighted by atomic mass is 16.4. The fourth-order valence-corrected chi connectivity index (χ4v) is 1.58. The summed E-state index contributed by atoms with van der Waals surface area (Å²) in [5.41, 5.74) is -0.0807. The van der Waals surface area contributed by atoms with E-state index < -0.39 is 11.9 Å². The SMILES string of the molecule is O=C(O)c1ccnc(-c2cccnc2)c1C(=O)O. The van der Waals surface area contributed by atoms with Crippen LogP contribution in [0.5, 0.6) is 0 Å². The number of carboxylic acid groups (broad SMARTS) is 2. The summed E-state index contributed by atoms with van der Waals surface area (Å²) >= 11 is 0. The third-order valence-electron chi connectivity index (χ3n) is 2.33. The molecule has 2 heterocycles. The van der Waals surface area contributed by atoms with Crippen LogP contribution in [0.4, 0.5) is 0 Å². The van der Waals surface area contributed by atoms with Gasteiger partial charge < -0.3 is 10.2 Å². The van der Waals surface area contributed by atoms with Crippen LogP contribution >= 0.6 is 0 Å². The molecule has 2 aromatic rings. The van der Waals surface area contributed by atoms with Crippen LogP contribution in [0.1, 0.15) is 20.7 Å². The Balaban J connectivity index is 2.72. The van der Waals surface area contributed by atoms with Gasteiger partial charge in [0.1, 0.15) is 5.56 Å². The number of hydrogen-bond donors (Lipinski definition) is 2. The average Bonchev–Trinajstić information content (AvgIpc) is 2.38. The van der Waals surface area contributed by atoms with Crippen molar-refractivity contribution in [2.45, 2.75) is 0 Å². The second-order valence-corrected chi connectivity index (χ2v) is 3.43. The minimum Gasteiger partial charge on any atom is -0.478 e. The second kappa shape index (κ2) is 4.62. The lowest BCUT2D eigenvalue weighted by Gasteiger charge is -2.07. The van der Waals surface area contributed by atoms with Gasteiger partial charge in [-0.1, -0.05) is 0 Å². The number of carbonyl (C=O) groups is 2. The molecule has 6 heteroatoms. The van der Waals surface area contributed by atoms with Gasteiger partial charge in [0.05, 0.1) is 11.3 Å². The molecule has 0 aliphatic heterocycles. The van der Waals surface area contributed by atoms with E-state index >= 15 is 0 Å². The molecule has 0 amide bonds. The summed E-state index contributed by atoms with van der Waals surface area (Å²) in [7, 11) is 0. The summed E-state index contributed by atoms with van der Waals surface area (Å²) in [5, 5.41) is 18.1. The van der Waals surface area contributed by atoms with Gasteiger partial charge >= 0.3 is 11.9 Å². The minimum atomic E-state index is -1.33. The van der Waals surface area contributed by atoms with Gasteiger partial charge in [-0.15, -0.1) is 0 Å². The highest BCUT2D eigenvalue weighted by Crippen LogP contribution is 2.23. The number of pyridine rings is 2. The fraction of sp³-hybridized carbons (Fsp3) is 0. The first-order chi connectivity index (χ1) is 8.61. The van der Waals surface area contributed by atoms with E-state index in [0.29, 0.717) is 5.56 Å². The van der Waals surface area contributed by atoms with E-state index in [9.17, 15) is 9.59 Å². The first-order valence-electron chi connectivity index (χ1n) is 4.97. The van der Waals surface area contributed by atoms with Crippen LogP contribution in [0, 0.1) is 0 Å². The zero-order valence-electron chi connectivity index (χ0n) is 9.07. The summed E-state index contributed by atoms with van der Waals surface area (Å²) < 4.78 is 0. The van der Waals surface area contributed by atoms with Crippen molar-refractivity contribution in [2.75, 3.05) is 0 Å². The lowest BCUT2D eigenvalue weighted by Crippen LogP contribution is -2.11. The Bertz CT molecular complexity index is 611. The Morgan fingerprint density at radius 1 is 1.06 bits per heavy atom. The molecule has 0 saturated heterocycles. The standard InChI is InChI=1S/C12H8N2O4/c15-11(16)8-3-5-14-10(9(8)12(17)18)7-2-1-4-13-6-7/h1-6H,(H,15,16)(H,17,18). The van der Waals surface area contributed by atoms with Crippen molar-refractivity contribution in [1.82, 2.24) is 9.97 Å². The lowest BCUT2D eigenvalue weighted by atomic mass is 10.0. The molecule has 0 aliphatic carbocycles. The van der Waals surface area contributed by atoms with Crippen LogP contribution in [0.3, 0.4) is 0 Å². The molecule has 0 saturated carbocycles. The second-order valence-electron chi connectivity index (χ2n) is 3.43. The molecule has 0 aromatic carbocycles. The summed E-state index contributed by atoms with van der Waals surface area (Å²) in [6.07, 6.45) is 4.23. The van der Waals surface area contributed by atoms with Gasteiger partial charge in [0, 0.05) is 24.2 Å². The van der Waals surface area contributed by atoms with Crippen LogP contribution in [0.15, 0.2) is 36.8 Å². The summed E-state index contributed by atoms with van der Waals surface area (Å²) in [5.74, 6) is -2.64. The number of rotatable bonds is 3. The van der Waals surface area contributed by atoms with E-state index in [0.717, 1.165) is 6.07 Å². The molecular formula is C12H8N2O4. The van der Waals surface area contributed by atoms with Crippen LogP contribution < -0.4 is 0 Å². The number of aromatic nitrogens is 2.